The molecular weight excluding hydrogens is 276 g/mol. The Hall–Kier alpha value is -1.86. The Kier molecular flexibility index (Phi) is 4.98. The molecule has 7 nitrogen and oxygen atoms in total. The number of aliphatic carboxylic acids is 1. The van der Waals surface area contributed by atoms with Gasteiger partial charge in [0, 0.05) is 37.9 Å². The van der Waals surface area contributed by atoms with E-state index in [-0.39, 0.29) is 18.7 Å². The first-order valence-electron chi connectivity index (χ1n) is 6.93. The molecule has 2 N–H and O–H groups in total. The molecule has 0 saturated carbocycles. The van der Waals surface area contributed by atoms with Gasteiger partial charge in [-0.1, -0.05) is 0 Å². The summed E-state index contributed by atoms with van der Waals surface area (Å²) in [6.07, 6.45) is -0.0563. The Labute approximate surface area is 122 Å². The van der Waals surface area contributed by atoms with E-state index in [1.54, 1.807) is 11.5 Å². The standard InChI is InChI=1S/C14H20N2O5/c1-10-8-12(17)14(20)11(16(10)3-2-13(18)19)9-15-4-6-21-7-5-15/h8,20H,2-7,9H2,1H3,(H,18,19). The average Bonchev–Trinajstić information content (AvgIpc) is 2.45. The first-order chi connectivity index (χ1) is 9.99. The zero-order valence-corrected chi connectivity index (χ0v) is 12.0. The zero-order chi connectivity index (χ0) is 15.4. The van der Waals surface area contributed by atoms with E-state index in [2.05, 4.69) is 4.90 Å². The second-order valence-electron chi connectivity index (χ2n) is 5.13. The number of ether oxygens (including phenoxy) is 1. The molecule has 0 aromatic carbocycles. The third-order valence-corrected chi connectivity index (χ3v) is 3.62. The van der Waals surface area contributed by atoms with Crippen molar-refractivity contribution < 1.29 is 19.7 Å². The number of carboxylic acid groups (broad SMARTS) is 1. The van der Waals surface area contributed by atoms with Crippen LogP contribution in [0, 0.1) is 6.92 Å². The van der Waals surface area contributed by atoms with Gasteiger partial charge in [-0.05, 0) is 6.92 Å². The molecule has 0 radical (unpaired) electrons. The highest BCUT2D eigenvalue weighted by Crippen LogP contribution is 2.18. The fraction of sp³-hybridized carbons (Fsp3) is 0.571. The smallest absolute Gasteiger partial charge is 0.305 e. The van der Waals surface area contributed by atoms with Gasteiger partial charge in [-0.2, -0.15) is 0 Å². The van der Waals surface area contributed by atoms with E-state index in [9.17, 15) is 14.7 Å². The molecule has 0 aliphatic carbocycles. The van der Waals surface area contributed by atoms with Gasteiger partial charge in [-0.25, -0.2) is 0 Å². The van der Waals surface area contributed by atoms with Crippen LogP contribution in [-0.2, 0) is 22.6 Å². The minimum atomic E-state index is -0.912. The highest BCUT2D eigenvalue weighted by Gasteiger charge is 2.18. The molecule has 1 saturated heterocycles. The lowest BCUT2D eigenvalue weighted by Crippen LogP contribution is -2.37. The second kappa shape index (κ2) is 6.73. The van der Waals surface area contributed by atoms with Gasteiger partial charge >= 0.3 is 5.97 Å². The van der Waals surface area contributed by atoms with Crippen molar-refractivity contribution in [3.8, 4) is 5.75 Å². The first-order valence-corrected chi connectivity index (χ1v) is 6.93. The van der Waals surface area contributed by atoms with Gasteiger partial charge in [0.15, 0.2) is 5.75 Å². The number of morpholine rings is 1. The van der Waals surface area contributed by atoms with Gasteiger partial charge in [-0.3, -0.25) is 14.5 Å². The largest absolute Gasteiger partial charge is 0.503 e. The number of hydrogen-bond donors (Lipinski definition) is 2. The quantitative estimate of drug-likeness (QED) is 0.804. The minimum absolute atomic E-state index is 0.0563. The predicted octanol–water partition coefficient (Wildman–Crippen LogP) is 0.169. The number of nitrogens with zero attached hydrogens (tertiary/aromatic N) is 2. The van der Waals surface area contributed by atoms with Crippen molar-refractivity contribution in [2.75, 3.05) is 26.3 Å². The molecule has 0 atom stereocenters. The molecule has 1 aromatic rings. The van der Waals surface area contributed by atoms with Crippen molar-refractivity contribution >= 4 is 5.97 Å². The van der Waals surface area contributed by atoms with Crippen LogP contribution in [0.1, 0.15) is 17.8 Å². The number of hydrogen-bond acceptors (Lipinski definition) is 5. The summed E-state index contributed by atoms with van der Waals surface area (Å²) in [5.41, 5.74) is 0.702. The van der Waals surface area contributed by atoms with Gasteiger partial charge in [0.2, 0.25) is 5.43 Å². The number of carboxylic acids is 1. The molecule has 2 heterocycles. The summed E-state index contributed by atoms with van der Waals surface area (Å²) in [5, 5.41) is 18.9. The van der Waals surface area contributed by atoms with E-state index in [0.29, 0.717) is 31.1 Å². The maximum Gasteiger partial charge on any atom is 0.305 e. The Bertz CT molecular complexity index is 575. The monoisotopic (exact) mass is 296 g/mol. The van der Waals surface area contributed by atoms with Crippen molar-refractivity contribution in [2.45, 2.75) is 26.4 Å². The van der Waals surface area contributed by atoms with Gasteiger partial charge in [-0.15, -0.1) is 0 Å². The molecule has 116 valence electrons. The van der Waals surface area contributed by atoms with Crippen molar-refractivity contribution in [2.24, 2.45) is 0 Å². The third kappa shape index (κ3) is 3.83. The summed E-state index contributed by atoms with van der Waals surface area (Å²) in [7, 11) is 0. The molecular formula is C14H20N2O5. The van der Waals surface area contributed by atoms with Crippen molar-refractivity contribution in [3.05, 3.63) is 27.7 Å². The minimum Gasteiger partial charge on any atom is -0.503 e. The number of aromatic hydroxyl groups is 1. The van der Waals surface area contributed by atoms with Crippen molar-refractivity contribution in [1.29, 1.82) is 0 Å². The zero-order valence-electron chi connectivity index (χ0n) is 12.0. The van der Waals surface area contributed by atoms with Gasteiger partial charge in [0.1, 0.15) is 0 Å². The van der Waals surface area contributed by atoms with Crippen LogP contribution in [0.5, 0.6) is 5.75 Å². The highest BCUT2D eigenvalue weighted by molar-refractivity contribution is 5.66. The molecule has 0 bridgehead atoms. The van der Waals surface area contributed by atoms with Crippen LogP contribution in [0.25, 0.3) is 0 Å². The highest BCUT2D eigenvalue weighted by atomic mass is 16.5. The fourth-order valence-electron chi connectivity index (χ4n) is 2.47. The molecule has 2 rings (SSSR count). The predicted molar refractivity (Wildman–Crippen MR) is 75.5 cm³/mol. The number of aromatic nitrogens is 1. The molecule has 1 aliphatic rings. The summed E-state index contributed by atoms with van der Waals surface area (Å²) in [6, 6.07) is 1.33. The Morgan fingerprint density at radius 1 is 1.38 bits per heavy atom. The summed E-state index contributed by atoms with van der Waals surface area (Å²) in [6.45, 7) is 5.06. The molecule has 7 heteroatoms. The van der Waals surface area contributed by atoms with Gasteiger partial charge in [0.25, 0.3) is 0 Å². The molecule has 1 fully saturated rings. The van der Waals surface area contributed by atoms with E-state index in [0.717, 1.165) is 13.1 Å². The molecule has 0 amide bonds. The van der Waals surface area contributed by atoms with E-state index >= 15 is 0 Å². The average molecular weight is 296 g/mol. The maximum absolute atomic E-state index is 11.8. The summed E-state index contributed by atoms with van der Waals surface area (Å²) < 4.78 is 6.98. The summed E-state index contributed by atoms with van der Waals surface area (Å²) in [4.78, 5) is 24.6. The number of carbonyl (C=O) groups is 1. The molecule has 1 aliphatic heterocycles. The Balaban J connectivity index is 2.30. The second-order valence-corrected chi connectivity index (χ2v) is 5.13. The van der Waals surface area contributed by atoms with E-state index in [1.165, 1.54) is 6.07 Å². The van der Waals surface area contributed by atoms with E-state index in [1.807, 2.05) is 0 Å². The van der Waals surface area contributed by atoms with Gasteiger partial charge < -0.3 is 19.5 Å². The van der Waals surface area contributed by atoms with E-state index < -0.39 is 11.4 Å². The van der Waals surface area contributed by atoms with Crippen LogP contribution in [0.15, 0.2) is 10.9 Å². The molecule has 1 aromatic heterocycles. The maximum atomic E-state index is 11.8. The number of aryl methyl sites for hydroxylation is 1. The van der Waals surface area contributed by atoms with Crippen LogP contribution in [-0.4, -0.2) is 52.0 Å². The fourth-order valence-corrected chi connectivity index (χ4v) is 2.47. The molecule has 21 heavy (non-hydrogen) atoms. The topological polar surface area (TPSA) is 92.0 Å². The lowest BCUT2D eigenvalue weighted by Gasteiger charge is -2.28. The van der Waals surface area contributed by atoms with Crippen LogP contribution < -0.4 is 5.43 Å². The lowest BCUT2D eigenvalue weighted by atomic mass is 10.2. The van der Waals surface area contributed by atoms with Crippen LogP contribution in [0.4, 0.5) is 0 Å². The van der Waals surface area contributed by atoms with E-state index in [4.69, 9.17) is 9.84 Å². The number of rotatable bonds is 5. The van der Waals surface area contributed by atoms with Crippen molar-refractivity contribution in [1.82, 2.24) is 9.47 Å². The van der Waals surface area contributed by atoms with Crippen molar-refractivity contribution in [3.63, 3.8) is 0 Å². The lowest BCUT2D eigenvalue weighted by molar-refractivity contribution is -0.137. The SMILES string of the molecule is Cc1cc(=O)c(O)c(CN2CCOCC2)n1CCC(=O)O. The normalized spacial score (nSPS) is 16.0. The Morgan fingerprint density at radius 2 is 2.05 bits per heavy atom. The van der Waals surface area contributed by atoms with Crippen LogP contribution >= 0.6 is 0 Å². The molecule has 0 unspecified atom stereocenters. The first kappa shape index (κ1) is 15.5. The van der Waals surface area contributed by atoms with Crippen LogP contribution in [0.2, 0.25) is 0 Å². The van der Waals surface area contributed by atoms with Gasteiger partial charge in [0.05, 0.1) is 25.3 Å². The van der Waals surface area contributed by atoms with Crippen LogP contribution in [0.3, 0.4) is 0 Å². The number of pyridine rings is 1. The molecule has 0 spiro atoms. The summed E-state index contributed by atoms with van der Waals surface area (Å²) in [5.74, 6) is -1.21. The third-order valence-electron chi connectivity index (χ3n) is 3.62. The summed E-state index contributed by atoms with van der Waals surface area (Å²) >= 11 is 0. The Morgan fingerprint density at radius 3 is 2.67 bits per heavy atom.